The molecule has 2 saturated carbocycles. The Hall–Kier alpha value is -0.260. The summed E-state index contributed by atoms with van der Waals surface area (Å²) in [6, 6.07) is 0. The molecule has 2 rings (SSSR count). The normalized spacial score (nSPS) is 31.8. The van der Waals surface area contributed by atoms with E-state index in [0.717, 1.165) is 0 Å². The molecule has 0 aromatic rings. The summed E-state index contributed by atoms with van der Waals surface area (Å²) in [5.41, 5.74) is 2.25. The van der Waals surface area contributed by atoms with E-state index in [1.165, 1.54) is 37.7 Å². The molecule has 2 fully saturated rings. The zero-order valence-corrected chi connectivity index (χ0v) is 5.24. The molecule has 0 aromatic heterocycles. The van der Waals surface area contributed by atoms with Crippen LogP contribution in [0.1, 0.15) is 32.1 Å². The minimum atomic E-state index is 0.708. The molecule has 0 amide bonds. The zero-order valence-electron chi connectivity index (χ0n) is 5.24. The van der Waals surface area contributed by atoms with Gasteiger partial charge in [-0.15, -0.1) is 0 Å². The molecule has 0 bridgehead atoms. The largest absolute Gasteiger partial charge is 0.0993 e. The Labute approximate surface area is 50.6 Å². The Balaban J connectivity index is 2.16. The van der Waals surface area contributed by atoms with Crippen molar-refractivity contribution in [1.29, 1.82) is 0 Å². The van der Waals surface area contributed by atoms with Crippen LogP contribution in [-0.2, 0) is 0 Å². The summed E-state index contributed by atoms with van der Waals surface area (Å²) in [6.45, 7) is 4.00. The molecule has 2 aliphatic carbocycles. The summed E-state index contributed by atoms with van der Waals surface area (Å²) in [7, 11) is 0. The van der Waals surface area contributed by atoms with Crippen LogP contribution in [0.4, 0.5) is 0 Å². The predicted octanol–water partition coefficient (Wildman–Crippen LogP) is 2.51. The number of hydrogen-bond donors (Lipinski definition) is 0. The lowest BCUT2D eigenvalue weighted by molar-refractivity contribution is 0.564. The van der Waals surface area contributed by atoms with Gasteiger partial charge in [0.05, 0.1) is 0 Å². The summed E-state index contributed by atoms with van der Waals surface area (Å²) in [5, 5.41) is 0. The van der Waals surface area contributed by atoms with Crippen molar-refractivity contribution < 1.29 is 0 Å². The van der Waals surface area contributed by atoms with E-state index in [4.69, 9.17) is 0 Å². The first-order valence-electron chi connectivity index (χ1n) is 3.52. The lowest BCUT2D eigenvalue weighted by Gasteiger charge is -1.98. The van der Waals surface area contributed by atoms with Crippen molar-refractivity contribution in [3.05, 3.63) is 12.2 Å². The van der Waals surface area contributed by atoms with Crippen LogP contribution < -0.4 is 0 Å². The molecule has 0 aliphatic heterocycles. The van der Waals surface area contributed by atoms with Crippen LogP contribution in [-0.4, -0.2) is 0 Å². The number of rotatable bonds is 0. The van der Waals surface area contributed by atoms with Crippen LogP contribution in [0.15, 0.2) is 12.2 Å². The summed E-state index contributed by atoms with van der Waals surface area (Å²) >= 11 is 0. The first-order valence-corrected chi connectivity index (χ1v) is 3.52. The van der Waals surface area contributed by atoms with Crippen molar-refractivity contribution in [2.45, 2.75) is 32.1 Å². The predicted molar refractivity (Wildman–Crippen MR) is 34.7 cm³/mol. The van der Waals surface area contributed by atoms with Gasteiger partial charge in [0.25, 0.3) is 0 Å². The van der Waals surface area contributed by atoms with E-state index >= 15 is 0 Å². The highest BCUT2D eigenvalue weighted by Gasteiger charge is 2.48. The third kappa shape index (κ3) is 0.410. The number of allylic oxidation sites excluding steroid dienone is 1. The molecule has 0 N–H and O–H groups in total. The summed E-state index contributed by atoms with van der Waals surface area (Å²) in [6.07, 6.45) is 7.17. The van der Waals surface area contributed by atoms with Crippen LogP contribution in [0, 0.1) is 5.41 Å². The second-order valence-electron chi connectivity index (χ2n) is 3.27. The SMILES string of the molecule is C=C1CC12CCCC2. The maximum absolute atomic E-state index is 4.00. The third-order valence-corrected chi connectivity index (χ3v) is 2.74. The Kier molecular flexibility index (Phi) is 0.677. The first kappa shape index (κ1) is 4.60. The van der Waals surface area contributed by atoms with Crippen molar-refractivity contribution in [3.8, 4) is 0 Å². The van der Waals surface area contributed by atoms with Gasteiger partial charge in [-0.3, -0.25) is 0 Å². The average Bonchev–Trinajstić information content (AvgIpc) is 2.29. The molecule has 8 heavy (non-hydrogen) atoms. The third-order valence-electron chi connectivity index (χ3n) is 2.74. The topological polar surface area (TPSA) is 0 Å². The summed E-state index contributed by atoms with van der Waals surface area (Å²) in [4.78, 5) is 0. The quantitative estimate of drug-likeness (QED) is 0.418. The summed E-state index contributed by atoms with van der Waals surface area (Å²) < 4.78 is 0. The molecule has 2 aliphatic rings. The van der Waals surface area contributed by atoms with Crippen LogP contribution in [0.25, 0.3) is 0 Å². The van der Waals surface area contributed by atoms with Crippen molar-refractivity contribution in [3.63, 3.8) is 0 Å². The van der Waals surface area contributed by atoms with E-state index in [1.807, 2.05) is 0 Å². The molecule has 0 atom stereocenters. The van der Waals surface area contributed by atoms with Gasteiger partial charge >= 0.3 is 0 Å². The van der Waals surface area contributed by atoms with Gasteiger partial charge in [-0.2, -0.15) is 0 Å². The minimum Gasteiger partial charge on any atom is -0.0993 e. The maximum atomic E-state index is 4.00. The molecular formula is C8H12. The van der Waals surface area contributed by atoms with E-state index < -0.39 is 0 Å². The molecule has 44 valence electrons. The average molecular weight is 108 g/mol. The lowest BCUT2D eigenvalue weighted by atomic mass is 10.1. The molecule has 0 heteroatoms. The Morgan fingerprint density at radius 3 is 2.00 bits per heavy atom. The van der Waals surface area contributed by atoms with Crippen LogP contribution in [0.5, 0.6) is 0 Å². The fourth-order valence-corrected chi connectivity index (χ4v) is 1.95. The second kappa shape index (κ2) is 1.18. The van der Waals surface area contributed by atoms with Crippen molar-refractivity contribution in [2.24, 2.45) is 5.41 Å². The Morgan fingerprint density at radius 2 is 1.75 bits per heavy atom. The monoisotopic (exact) mass is 108 g/mol. The molecular weight excluding hydrogens is 96.1 g/mol. The van der Waals surface area contributed by atoms with E-state index in [1.54, 1.807) is 0 Å². The molecule has 0 unspecified atom stereocenters. The molecule has 0 radical (unpaired) electrons. The van der Waals surface area contributed by atoms with Gasteiger partial charge in [-0.05, 0) is 24.7 Å². The van der Waals surface area contributed by atoms with Gasteiger partial charge in [-0.1, -0.05) is 25.0 Å². The smallest absolute Gasteiger partial charge is 0.00532 e. The fraction of sp³-hybridized carbons (Fsp3) is 0.750. The minimum absolute atomic E-state index is 0.708. The zero-order chi connectivity index (χ0) is 5.61. The number of hydrogen-bond acceptors (Lipinski definition) is 0. The van der Waals surface area contributed by atoms with Crippen molar-refractivity contribution in [2.75, 3.05) is 0 Å². The van der Waals surface area contributed by atoms with Gasteiger partial charge in [-0.25, -0.2) is 0 Å². The molecule has 0 heterocycles. The van der Waals surface area contributed by atoms with E-state index in [2.05, 4.69) is 6.58 Å². The molecule has 0 aromatic carbocycles. The molecule has 0 saturated heterocycles. The van der Waals surface area contributed by atoms with Gasteiger partial charge in [0.2, 0.25) is 0 Å². The highest BCUT2D eigenvalue weighted by atomic mass is 14.5. The molecule has 1 spiro atoms. The second-order valence-corrected chi connectivity index (χ2v) is 3.27. The van der Waals surface area contributed by atoms with Crippen LogP contribution in [0.2, 0.25) is 0 Å². The lowest BCUT2D eigenvalue weighted by Crippen LogP contribution is -1.88. The Bertz CT molecular complexity index is 127. The van der Waals surface area contributed by atoms with Gasteiger partial charge in [0.1, 0.15) is 0 Å². The van der Waals surface area contributed by atoms with Gasteiger partial charge < -0.3 is 0 Å². The highest BCUT2D eigenvalue weighted by Crippen LogP contribution is 2.61. The van der Waals surface area contributed by atoms with Crippen LogP contribution in [0.3, 0.4) is 0 Å². The van der Waals surface area contributed by atoms with Crippen molar-refractivity contribution in [1.82, 2.24) is 0 Å². The van der Waals surface area contributed by atoms with Gasteiger partial charge in [0, 0.05) is 0 Å². The van der Waals surface area contributed by atoms with Gasteiger partial charge in [0.15, 0.2) is 0 Å². The van der Waals surface area contributed by atoms with E-state index in [0.29, 0.717) is 5.41 Å². The highest BCUT2D eigenvalue weighted by molar-refractivity contribution is 5.30. The van der Waals surface area contributed by atoms with Crippen LogP contribution >= 0.6 is 0 Å². The maximum Gasteiger partial charge on any atom is -0.00532 e. The standard InChI is InChI=1S/C8H12/c1-7-6-8(7)4-2-3-5-8/h1-6H2. The van der Waals surface area contributed by atoms with Crippen molar-refractivity contribution >= 4 is 0 Å². The first-order chi connectivity index (χ1) is 3.83. The van der Waals surface area contributed by atoms with E-state index in [9.17, 15) is 0 Å². The molecule has 0 nitrogen and oxygen atoms in total. The fourth-order valence-electron chi connectivity index (χ4n) is 1.95. The van der Waals surface area contributed by atoms with E-state index in [-0.39, 0.29) is 0 Å². The Morgan fingerprint density at radius 1 is 1.25 bits per heavy atom. The summed E-state index contributed by atoms with van der Waals surface area (Å²) in [5.74, 6) is 0.